The van der Waals surface area contributed by atoms with Crippen LogP contribution >= 0.6 is 0 Å². The largest absolute Gasteiger partial charge is 0.493 e. The minimum Gasteiger partial charge on any atom is -0.493 e. The van der Waals surface area contributed by atoms with Gasteiger partial charge in [0.15, 0.2) is 23.0 Å². The predicted octanol–water partition coefficient (Wildman–Crippen LogP) is 4.50. The Bertz CT molecular complexity index is 890. The van der Waals surface area contributed by atoms with Crippen molar-refractivity contribution >= 4 is 0 Å². The smallest absolute Gasteiger partial charge is 0.203 e. The number of methoxy groups -OCH3 is 5. The molecular formula is C25H33NO5. The molecule has 0 amide bonds. The van der Waals surface area contributed by atoms with Gasteiger partial charge in [0.1, 0.15) is 0 Å². The van der Waals surface area contributed by atoms with Gasteiger partial charge in [-0.1, -0.05) is 12.5 Å². The second-order valence-electron chi connectivity index (χ2n) is 8.35. The molecule has 2 aromatic rings. The van der Waals surface area contributed by atoms with Gasteiger partial charge >= 0.3 is 0 Å². The van der Waals surface area contributed by atoms with Crippen molar-refractivity contribution < 1.29 is 23.7 Å². The van der Waals surface area contributed by atoms with Crippen molar-refractivity contribution in [3.8, 4) is 28.7 Å². The summed E-state index contributed by atoms with van der Waals surface area (Å²) in [4.78, 5) is 2.63. The maximum absolute atomic E-state index is 5.62. The lowest BCUT2D eigenvalue weighted by atomic mass is 9.86. The fraction of sp³-hybridized carbons (Fsp3) is 0.520. The molecule has 0 unspecified atom stereocenters. The molecule has 1 saturated heterocycles. The van der Waals surface area contributed by atoms with Crippen molar-refractivity contribution in [1.82, 2.24) is 4.90 Å². The lowest BCUT2D eigenvalue weighted by Gasteiger charge is -2.23. The van der Waals surface area contributed by atoms with Gasteiger partial charge in [0, 0.05) is 25.0 Å². The van der Waals surface area contributed by atoms with Gasteiger partial charge in [-0.2, -0.15) is 0 Å². The van der Waals surface area contributed by atoms with Crippen molar-refractivity contribution in [2.24, 2.45) is 5.92 Å². The highest BCUT2D eigenvalue weighted by Crippen LogP contribution is 2.49. The molecule has 2 fully saturated rings. The van der Waals surface area contributed by atoms with E-state index in [9.17, 15) is 0 Å². The van der Waals surface area contributed by atoms with Crippen LogP contribution in [0.5, 0.6) is 28.7 Å². The zero-order valence-corrected chi connectivity index (χ0v) is 19.1. The molecule has 0 aromatic heterocycles. The van der Waals surface area contributed by atoms with E-state index in [1.54, 1.807) is 35.5 Å². The average molecular weight is 428 g/mol. The van der Waals surface area contributed by atoms with Crippen LogP contribution in [0.25, 0.3) is 0 Å². The summed E-state index contributed by atoms with van der Waals surface area (Å²) in [6.45, 7) is 1.92. The van der Waals surface area contributed by atoms with Gasteiger partial charge in [0.25, 0.3) is 0 Å². The molecule has 3 atom stereocenters. The fourth-order valence-electron chi connectivity index (χ4n) is 5.48. The lowest BCUT2D eigenvalue weighted by Crippen LogP contribution is -2.29. The topological polar surface area (TPSA) is 49.4 Å². The van der Waals surface area contributed by atoms with Gasteiger partial charge in [-0.05, 0) is 54.2 Å². The lowest BCUT2D eigenvalue weighted by molar-refractivity contribution is 0.232. The zero-order valence-electron chi connectivity index (χ0n) is 19.1. The molecule has 1 aliphatic heterocycles. The Morgan fingerprint density at radius 1 is 0.774 bits per heavy atom. The first kappa shape index (κ1) is 21.6. The van der Waals surface area contributed by atoms with Gasteiger partial charge < -0.3 is 23.7 Å². The number of fused-ring (bicyclic) bond motifs is 1. The fourth-order valence-corrected chi connectivity index (χ4v) is 5.48. The second kappa shape index (κ2) is 9.27. The van der Waals surface area contributed by atoms with E-state index in [1.807, 2.05) is 6.07 Å². The first-order valence-corrected chi connectivity index (χ1v) is 10.9. The summed E-state index contributed by atoms with van der Waals surface area (Å²) in [6, 6.07) is 11.1. The number of ether oxygens (including phenoxy) is 5. The van der Waals surface area contributed by atoms with Crippen LogP contribution < -0.4 is 23.7 Å². The maximum atomic E-state index is 5.62. The van der Waals surface area contributed by atoms with Gasteiger partial charge in [-0.3, -0.25) is 4.90 Å². The van der Waals surface area contributed by atoms with Crippen LogP contribution in [0.15, 0.2) is 30.3 Å². The van der Waals surface area contributed by atoms with Crippen LogP contribution in [0.1, 0.15) is 36.3 Å². The molecule has 1 heterocycles. The summed E-state index contributed by atoms with van der Waals surface area (Å²) in [5, 5.41) is 0. The molecule has 168 valence electrons. The Hall–Kier alpha value is -2.60. The molecule has 1 aliphatic carbocycles. The van der Waals surface area contributed by atoms with Gasteiger partial charge in [0.2, 0.25) is 5.75 Å². The first-order valence-electron chi connectivity index (χ1n) is 10.9. The van der Waals surface area contributed by atoms with Crippen molar-refractivity contribution in [2.75, 3.05) is 42.1 Å². The third-order valence-corrected chi connectivity index (χ3v) is 6.90. The quantitative estimate of drug-likeness (QED) is 0.618. The van der Waals surface area contributed by atoms with Gasteiger partial charge in [-0.15, -0.1) is 0 Å². The predicted molar refractivity (Wildman–Crippen MR) is 120 cm³/mol. The molecule has 31 heavy (non-hydrogen) atoms. The van der Waals surface area contributed by atoms with E-state index in [2.05, 4.69) is 29.2 Å². The van der Waals surface area contributed by atoms with Crippen LogP contribution in [0, 0.1) is 5.92 Å². The molecule has 0 radical (unpaired) electrons. The van der Waals surface area contributed by atoms with E-state index in [1.165, 1.54) is 30.4 Å². The first-order chi connectivity index (χ1) is 15.1. The third-order valence-electron chi connectivity index (χ3n) is 6.90. The monoisotopic (exact) mass is 427 g/mol. The molecule has 0 spiro atoms. The highest BCUT2D eigenvalue weighted by Gasteiger charge is 2.45. The Kier molecular flexibility index (Phi) is 6.46. The Morgan fingerprint density at radius 2 is 1.45 bits per heavy atom. The molecule has 4 rings (SSSR count). The number of benzene rings is 2. The van der Waals surface area contributed by atoms with Crippen molar-refractivity contribution in [3.63, 3.8) is 0 Å². The molecular weight excluding hydrogens is 394 g/mol. The summed E-state index contributed by atoms with van der Waals surface area (Å²) < 4.78 is 27.7. The molecule has 2 aromatic carbocycles. The van der Waals surface area contributed by atoms with E-state index in [0.717, 1.165) is 36.1 Å². The number of hydrogen-bond acceptors (Lipinski definition) is 6. The number of rotatable bonds is 8. The third kappa shape index (κ3) is 4.01. The average Bonchev–Trinajstić information content (AvgIpc) is 3.41. The van der Waals surface area contributed by atoms with Crippen molar-refractivity contribution in [3.05, 3.63) is 41.5 Å². The second-order valence-corrected chi connectivity index (χ2v) is 8.35. The Labute approximate surface area is 185 Å². The van der Waals surface area contributed by atoms with Crippen molar-refractivity contribution in [2.45, 2.75) is 37.8 Å². The van der Waals surface area contributed by atoms with E-state index in [0.29, 0.717) is 23.6 Å². The molecule has 6 nitrogen and oxygen atoms in total. The summed E-state index contributed by atoms with van der Waals surface area (Å²) in [5.41, 5.74) is 2.51. The molecule has 6 heteroatoms. The summed E-state index contributed by atoms with van der Waals surface area (Å²) in [5.74, 6) is 4.74. The maximum Gasteiger partial charge on any atom is 0.203 e. The number of nitrogens with zero attached hydrogens (tertiary/aromatic N) is 1. The summed E-state index contributed by atoms with van der Waals surface area (Å²) in [6.07, 6.45) is 3.78. The highest BCUT2D eigenvalue weighted by atomic mass is 16.5. The highest BCUT2D eigenvalue weighted by molar-refractivity contribution is 5.55. The van der Waals surface area contributed by atoms with E-state index in [-0.39, 0.29) is 0 Å². The van der Waals surface area contributed by atoms with E-state index < -0.39 is 0 Å². The molecule has 1 saturated carbocycles. The standard InChI is InChI=1S/C25H33NO5/c1-27-21-10-9-16(11-22(21)28-2)14-26-15-19(18-7-6-8-20(18)26)17-12-23(29-3)25(31-5)24(13-17)30-4/h9-13,18-20H,6-8,14-15H2,1-5H3/t18-,19+,20-/m0/s1. The Balaban J connectivity index is 1.61. The minimum absolute atomic E-state index is 0.446. The molecule has 2 aliphatic rings. The van der Waals surface area contributed by atoms with Crippen LogP contribution in [0.3, 0.4) is 0 Å². The summed E-state index contributed by atoms with van der Waals surface area (Å²) >= 11 is 0. The molecule has 0 N–H and O–H groups in total. The summed E-state index contributed by atoms with van der Waals surface area (Å²) in [7, 11) is 8.36. The van der Waals surface area contributed by atoms with E-state index >= 15 is 0 Å². The minimum atomic E-state index is 0.446. The Morgan fingerprint density at radius 3 is 2.06 bits per heavy atom. The van der Waals surface area contributed by atoms with Crippen LogP contribution in [-0.2, 0) is 6.54 Å². The molecule has 0 bridgehead atoms. The number of likely N-dealkylation sites (tertiary alicyclic amines) is 1. The van der Waals surface area contributed by atoms with Crippen LogP contribution in [0.2, 0.25) is 0 Å². The normalized spacial score (nSPS) is 22.8. The van der Waals surface area contributed by atoms with Crippen LogP contribution in [0.4, 0.5) is 0 Å². The zero-order chi connectivity index (χ0) is 22.0. The van der Waals surface area contributed by atoms with Crippen LogP contribution in [-0.4, -0.2) is 53.0 Å². The SMILES string of the molecule is COc1ccc(CN2C[C@H](c3cc(OC)c(OC)c(OC)c3)[C@@H]3CCC[C@@H]32)cc1OC. The van der Waals surface area contributed by atoms with Crippen molar-refractivity contribution in [1.29, 1.82) is 0 Å². The number of hydrogen-bond donors (Lipinski definition) is 0. The van der Waals surface area contributed by atoms with Gasteiger partial charge in [-0.25, -0.2) is 0 Å². The van der Waals surface area contributed by atoms with Gasteiger partial charge in [0.05, 0.1) is 35.5 Å². The van der Waals surface area contributed by atoms with E-state index in [4.69, 9.17) is 23.7 Å².